The molecule has 31 heavy (non-hydrogen) atoms. The number of fused-ring (bicyclic) bond motifs is 1. The highest BCUT2D eigenvalue weighted by Crippen LogP contribution is 2.26. The lowest BCUT2D eigenvalue weighted by Crippen LogP contribution is -2.22. The van der Waals surface area contributed by atoms with Gasteiger partial charge in [-0.15, -0.1) is 0 Å². The molecule has 8 nitrogen and oxygen atoms in total. The van der Waals surface area contributed by atoms with Crippen molar-refractivity contribution in [2.24, 2.45) is 7.05 Å². The van der Waals surface area contributed by atoms with Gasteiger partial charge in [0.2, 0.25) is 0 Å². The molecule has 5 aromatic rings. The maximum absolute atomic E-state index is 4.83. The molecule has 0 bridgehead atoms. The Kier molecular flexibility index (Phi) is 4.51. The minimum Gasteiger partial charge on any atom is -0.336 e. The minimum atomic E-state index is 0.646. The number of nitrogens with one attached hydrogen (secondary N) is 2. The summed E-state index contributed by atoms with van der Waals surface area (Å²) in [5, 5.41) is 13.3. The third-order valence-corrected chi connectivity index (χ3v) is 5.09. The predicted octanol–water partition coefficient (Wildman–Crippen LogP) is 2.44. The Bertz CT molecular complexity index is 1520. The van der Waals surface area contributed by atoms with Gasteiger partial charge in [-0.1, -0.05) is 12.7 Å². The van der Waals surface area contributed by atoms with Crippen LogP contribution in [-0.4, -0.2) is 39.9 Å². The molecule has 0 aromatic carbocycles. The first kappa shape index (κ1) is 18.7. The summed E-state index contributed by atoms with van der Waals surface area (Å²) in [4.78, 5) is 16.9. The quantitative estimate of drug-likeness (QED) is 0.476. The zero-order valence-electron chi connectivity index (χ0n) is 17.2. The van der Waals surface area contributed by atoms with Gasteiger partial charge in [0.25, 0.3) is 0 Å². The van der Waals surface area contributed by atoms with Gasteiger partial charge >= 0.3 is 0 Å². The van der Waals surface area contributed by atoms with E-state index in [0.29, 0.717) is 16.9 Å². The van der Waals surface area contributed by atoms with Crippen molar-refractivity contribution >= 4 is 29.3 Å². The first-order valence-corrected chi connectivity index (χ1v) is 9.80. The molecular weight excluding hydrogens is 388 g/mol. The Morgan fingerprint density at radius 2 is 2.06 bits per heavy atom. The van der Waals surface area contributed by atoms with Crippen LogP contribution in [0.2, 0.25) is 0 Å². The fourth-order valence-corrected chi connectivity index (χ4v) is 3.54. The van der Waals surface area contributed by atoms with Gasteiger partial charge in [-0.25, -0.2) is 4.98 Å². The first-order chi connectivity index (χ1) is 15.1. The topological polar surface area (TPSA) is 101 Å². The molecule has 0 fully saturated rings. The number of aromatic nitrogens is 8. The number of hydrogen-bond acceptors (Lipinski definition) is 5. The second kappa shape index (κ2) is 7.49. The number of aromatic amines is 2. The molecule has 2 N–H and O–H groups in total. The van der Waals surface area contributed by atoms with E-state index in [1.54, 1.807) is 23.3 Å². The van der Waals surface area contributed by atoms with Crippen LogP contribution in [0.15, 0.2) is 55.3 Å². The number of nitrogens with zero attached hydrogens (tertiary/aromatic N) is 6. The van der Waals surface area contributed by atoms with Gasteiger partial charge in [-0.2, -0.15) is 10.2 Å². The molecule has 0 unspecified atom stereocenters. The van der Waals surface area contributed by atoms with Crippen LogP contribution >= 0.6 is 0 Å². The summed E-state index contributed by atoms with van der Waals surface area (Å²) in [5.74, 6) is 0.646. The van der Waals surface area contributed by atoms with Crippen LogP contribution in [-0.2, 0) is 7.05 Å². The van der Waals surface area contributed by atoms with E-state index >= 15 is 0 Å². The highest BCUT2D eigenvalue weighted by molar-refractivity contribution is 5.92. The molecule has 5 heterocycles. The van der Waals surface area contributed by atoms with Crippen LogP contribution in [0, 0.1) is 0 Å². The molecular formula is C23H20N8. The number of pyridine rings is 2. The minimum absolute atomic E-state index is 0.646. The van der Waals surface area contributed by atoms with E-state index < -0.39 is 0 Å². The number of rotatable bonds is 4. The fourth-order valence-electron chi connectivity index (χ4n) is 3.54. The van der Waals surface area contributed by atoms with Crippen LogP contribution in [0.5, 0.6) is 0 Å². The van der Waals surface area contributed by atoms with Crippen LogP contribution in [0.3, 0.4) is 0 Å². The van der Waals surface area contributed by atoms with Crippen molar-refractivity contribution in [2.45, 2.75) is 6.92 Å². The Labute approximate surface area is 177 Å². The van der Waals surface area contributed by atoms with Gasteiger partial charge in [-0.05, 0) is 36.8 Å². The number of aryl methyl sites for hydroxylation is 1. The molecule has 0 aliphatic heterocycles. The average Bonchev–Trinajstić information content (AvgIpc) is 3.50. The fraction of sp³-hybridized carbons (Fsp3) is 0.0870. The number of H-pyrrole nitrogens is 2. The lowest BCUT2D eigenvalue weighted by Gasteiger charge is -1.99. The zero-order valence-corrected chi connectivity index (χ0v) is 17.2. The summed E-state index contributed by atoms with van der Waals surface area (Å²) >= 11 is 0. The third kappa shape index (κ3) is 3.33. The van der Waals surface area contributed by atoms with Gasteiger partial charge in [0.1, 0.15) is 11.2 Å². The summed E-state index contributed by atoms with van der Waals surface area (Å²) in [6.45, 7) is 6.11. The highest BCUT2D eigenvalue weighted by atomic mass is 15.2. The van der Waals surface area contributed by atoms with Gasteiger partial charge in [0.15, 0.2) is 5.82 Å². The van der Waals surface area contributed by atoms with E-state index in [2.05, 4.69) is 36.8 Å². The largest absolute Gasteiger partial charge is 0.336 e. The van der Waals surface area contributed by atoms with Crippen LogP contribution in [0.25, 0.3) is 52.0 Å². The highest BCUT2D eigenvalue weighted by Gasteiger charge is 2.15. The summed E-state index contributed by atoms with van der Waals surface area (Å²) in [6, 6.07) is 5.76. The molecule has 0 amide bonds. The first-order valence-electron chi connectivity index (χ1n) is 9.80. The molecule has 152 valence electrons. The maximum atomic E-state index is 4.83. The van der Waals surface area contributed by atoms with Crippen molar-refractivity contribution < 1.29 is 0 Å². The Morgan fingerprint density at radius 3 is 2.81 bits per heavy atom. The standard InChI is InChI=1S/C23H20N8/c1-4-15(17-12-26-31(3)13-17)10-18-14(2)29-30-21(18)23-27-19-7-9-25-20(22(19)28-23)16-6-5-8-24-11-16/h4-13,29H,2H2,1,3H3,(H,27,28)/b15-4+,18-10+. The number of imidazole rings is 1. The Balaban J connectivity index is 1.67. The van der Waals surface area contributed by atoms with Gasteiger partial charge in [0.05, 0.1) is 22.8 Å². The summed E-state index contributed by atoms with van der Waals surface area (Å²) < 4.78 is 1.78. The van der Waals surface area contributed by atoms with E-state index in [1.807, 2.05) is 56.7 Å². The second-order valence-electron chi connectivity index (χ2n) is 7.14. The molecule has 8 heteroatoms. The molecule has 5 aromatic heterocycles. The third-order valence-electron chi connectivity index (χ3n) is 5.09. The normalized spacial score (nSPS) is 12.7. The van der Waals surface area contributed by atoms with Crippen molar-refractivity contribution in [3.63, 3.8) is 0 Å². The van der Waals surface area contributed by atoms with E-state index in [-0.39, 0.29) is 0 Å². The van der Waals surface area contributed by atoms with E-state index in [0.717, 1.165) is 38.6 Å². The maximum Gasteiger partial charge on any atom is 0.159 e. The van der Waals surface area contributed by atoms with Gasteiger partial charge < -0.3 is 4.98 Å². The Morgan fingerprint density at radius 1 is 1.16 bits per heavy atom. The van der Waals surface area contributed by atoms with Crippen LogP contribution in [0.1, 0.15) is 12.5 Å². The molecule has 0 atom stereocenters. The van der Waals surface area contributed by atoms with Crippen molar-refractivity contribution in [2.75, 3.05) is 0 Å². The van der Waals surface area contributed by atoms with Gasteiger partial charge in [-0.3, -0.25) is 19.7 Å². The number of hydrogen-bond donors (Lipinski definition) is 2. The van der Waals surface area contributed by atoms with E-state index in [9.17, 15) is 0 Å². The molecule has 0 spiro atoms. The van der Waals surface area contributed by atoms with Gasteiger partial charge in [0, 0.05) is 48.2 Å². The molecule has 0 saturated carbocycles. The van der Waals surface area contributed by atoms with Crippen LogP contribution < -0.4 is 10.6 Å². The Hall–Kier alpha value is -4.33. The predicted molar refractivity (Wildman–Crippen MR) is 121 cm³/mol. The summed E-state index contributed by atoms with van der Waals surface area (Å²) in [7, 11) is 1.90. The molecule has 5 rings (SSSR count). The average molecular weight is 408 g/mol. The van der Waals surface area contributed by atoms with Crippen molar-refractivity contribution in [1.82, 2.24) is 39.9 Å². The second-order valence-corrected chi connectivity index (χ2v) is 7.14. The van der Waals surface area contributed by atoms with Crippen molar-refractivity contribution in [3.05, 3.63) is 71.4 Å². The summed E-state index contributed by atoms with van der Waals surface area (Å²) in [5.41, 5.74) is 6.06. The summed E-state index contributed by atoms with van der Waals surface area (Å²) in [6.07, 6.45) is 13.2. The van der Waals surface area contributed by atoms with Crippen molar-refractivity contribution in [3.8, 4) is 22.8 Å². The molecule has 0 radical (unpaired) electrons. The monoisotopic (exact) mass is 408 g/mol. The molecule has 0 aliphatic rings. The lowest BCUT2D eigenvalue weighted by atomic mass is 10.1. The molecule has 0 saturated heterocycles. The van der Waals surface area contributed by atoms with Crippen molar-refractivity contribution in [1.29, 1.82) is 0 Å². The lowest BCUT2D eigenvalue weighted by molar-refractivity contribution is 0.767. The van der Waals surface area contributed by atoms with E-state index in [4.69, 9.17) is 4.98 Å². The number of allylic oxidation sites excluding steroid dienone is 2. The zero-order chi connectivity index (χ0) is 21.4. The molecule has 0 aliphatic carbocycles. The smallest absolute Gasteiger partial charge is 0.159 e. The van der Waals surface area contributed by atoms with E-state index in [1.165, 1.54) is 0 Å². The SMILES string of the molecule is C=c1[nH]nc(-c2nc3c(-c4cccnc4)nccc3[nH]2)/c1=C/C(=C\C)c1cnn(C)c1. The van der Waals surface area contributed by atoms with Crippen LogP contribution in [0.4, 0.5) is 0 Å².